The highest BCUT2D eigenvalue weighted by Crippen LogP contribution is 2.48. The molecule has 2 nitrogen and oxygen atoms in total. The average Bonchev–Trinajstić information content (AvgIpc) is 2.65. The summed E-state index contributed by atoms with van der Waals surface area (Å²) in [6.07, 6.45) is 0. The van der Waals surface area contributed by atoms with E-state index in [0.29, 0.717) is 0 Å². The minimum absolute atomic E-state index is 0.138. The summed E-state index contributed by atoms with van der Waals surface area (Å²) >= 11 is 0. The van der Waals surface area contributed by atoms with Gasteiger partial charge < -0.3 is 9.47 Å². The van der Waals surface area contributed by atoms with Crippen LogP contribution in [0.2, 0.25) is 0 Å². The van der Waals surface area contributed by atoms with E-state index >= 15 is 0 Å². The molecule has 132 valence electrons. The van der Waals surface area contributed by atoms with Crippen LogP contribution >= 0.6 is 0 Å². The maximum absolute atomic E-state index is 6.15. The second-order valence-corrected chi connectivity index (χ2v) is 7.85. The molecule has 0 aromatic heterocycles. The summed E-state index contributed by atoms with van der Waals surface area (Å²) in [5.74, 6) is 2.81. The van der Waals surface area contributed by atoms with E-state index in [1.165, 1.54) is 16.7 Å². The highest BCUT2D eigenvalue weighted by atomic mass is 16.5. The van der Waals surface area contributed by atoms with E-state index in [-0.39, 0.29) is 11.3 Å². The minimum Gasteiger partial charge on any atom is -0.497 e. The standard InChI is InChI=1S/C24H24O2/c1-24(2,3)17-11-9-16(10-12-17)23-19-7-5-6-8-21(19)26-22-14-13-18(25-4)15-20(22)23/h5-15,23H,1-4H3. The second kappa shape index (κ2) is 6.21. The molecule has 0 spiro atoms. The summed E-state index contributed by atoms with van der Waals surface area (Å²) in [5.41, 5.74) is 5.09. The first kappa shape index (κ1) is 16.7. The lowest BCUT2D eigenvalue weighted by molar-refractivity contribution is 0.409. The van der Waals surface area contributed by atoms with E-state index in [9.17, 15) is 0 Å². The van der Waals surface area contributed by atoms with Crippen molar-refractivity contribution in [3.8, 4) is 17.2 Å². The van der Waals surface area contributed by atoms with Gasteiger partial charge in [0.05, 0.1) is 7.11 Å². The Kier molecular flexibility index (Phi) is 3.99. The number of rotatable bonds is 2. The Morgan fingerprint density at radius 3 is 2.19 bits per heavy atom. The predicted octanol–water partition coefficient (Wildman–Crippen LogP) is 6.28. The molecule has 0 radical (unpaired) electrons. The monoisotopic (exact) mass is 344 g/mol. The molecule has 26 heavy (non-hydrogen) atoms. The number of para-hydroxylation sites is 1. The van der Waals surface area contributed by atoms with Crippen LogP contribution in [0.4, 0.5) is 0 Å². The third kappa shape index (κ3) is 2.86. The van der Waals surface area contributed by atoms with E-state index in [2.05, 4.69) is 63.2 Å². The summed E-state index contributed by atoms with van der Waals surface area (Å²) in [4.78, 5) is 0. The van der Waals surface area contributed by atoms with Gasteiger partial charge in [0.25, 0.3) is 0 Å². The molecule has 0 saturated heterocycles. The van der Waals surface area contributed by atoms with Crippen molar-refractivity contribution in [3.05, 3.63) is 89.0 Å². The first-order valence-corrected chi connectivity index (χ1v) is 9.02. The van der Waals surface area contributed by atoms with Gasteiger partial charge in [-0.2, -0.15) is 0 Å². The van der Waals surface area contributed by atoms with Crippen molar-refractivity contribution in [3.63, 3.8) is 0 Å². The van der Waals surface area contributed by atoms with E-state index in [4.69, 9.17) is 9.47 Å². The Bertz CT molecular complexity index is 933. The predicted molar refractivity (Wildman–Crippen MR) is 106 cm³/mol. The molecule has 0 amide bonds. The Labute approximate surface area is 155 Å². The van der Waals surface area contributed by atoms with Gasteiger partial charge in [-0.05, 0) is 40.8 Å². The Balaban J connectivity index is 1.87. The van der Waals surface area contributed by atoms with Crippen molar-refractivity contribution < 1.29 is 9.47 Å². The van der Waals surface area contributed by atoms with E-state index in [1.54, 1.807) is 7.11 Å². The first-order valence-electron chi connectivity index (χ1n) is 9.02. The highest BCUT2D eigenvalue weighted by Gasteiger charge is 2.29. The van der Waals surface area contributed by atoms with E-state index in [0.717, 1.165) is 22.8 Å². The smallest absolute Gasteiger partial charge is 0.131 e. The molecule has 3 aromatic carbocycles. The van der Waals surface area contributed by atoms with Crippen LogP contribution in [0, 0.1) is 0 Å². The molecule has 1 aliphatic heterocycles. The van der Waals surface area contributed by atoms with Crippen LogP contribution < -0.4 is 9.47 Å². The van der Waals surface area contributed by atoms with Gasteiger partial charge >= 0.3 is 0 Å². The van der Waals surface area contributed by atoms with Crippen molar-refractivity contribution in [2.75, 3.05) is 7.11 Å². The fourth-order valence-electron chi connectivity index (χ4n) is 3.60. The van der Waals surface area contributed by atoms with Crippen LogP contribution in [-0.4, -0.2) is 7.11 Å². The fourth-order valence-corrected chi connectivity index (χ4v) is 3.60. The average molecular weight is 344 g/mol. The number of hydrogen-bond donors (Lipinski definition) is 0. The van der Waals surface area contributed by atoms with Gasteiger partial charge in [-0.15, -0.1) is 0 Å². The Hall–Kier alpha value is -2.74. The number of ether oxygens (including phenoxy) is 2. The fraction of sp³-hybridized carbons (Fsp3) is 0.250. The first-order chi connectivity index (χ1) is 12.5. The van der Waals surface area contributed by atoms with Crippen molar-refractivity contribution >= 4 is 0 Å². The number of benzene rings is 3. The topological polar surface area (TPSA) is 18.5 Å². The van der Waals surface area contributed by atoms with E-state index < -0.39 is 0 Å². The third-order valence-corrected chi connectivity index (χ3v) is 5.09. The molecule has 1 atom stereocenters. The van der Waals surface area contributed by atoms with Crippen molar-refractivity contribution in [2.45, 2.75) is 32.1 Å². The zero-order valence-electron chi connectivity index (χ0n) is 15.7. The van der Waals surface area contributed by atoms with Gasteiger partial charge in [0.2, 0.25) is 0 Å². The zero-order chi connectivity index (χ0) is 18.3. The number of methoxy groups -OCH3 is 1. The van der Waals surface area contributed by atoms with Crippen molar-refractivity contribution in [1.29, 1.82) is 0 Å². The third-order valence-electron chi connectivity index (χ3n) is 5.09. The van der Waals surface area contributed by atoms with Gasteiger partial charge in [0.15, 0.2) is 0 Å². The lowest BCUT2D eigenvalue weighted by atomic mass is 9.80. The number of fused-ring (bicyclic) bond motifs is 2. The largest absolute Gasteiger partial charge is 0.497 e. The summed E-state index contributed by atoms with van der Waals surface area (Å²) in [7, 11) is 1.70. The van der Waals surface area contributed by atoms with Gasteiger partial charge in [-0.1, -0.05) is 63.2 Å². The van der Waals surface area contributed by atoms with Crippen LogP contribution in [-0.2, 0) is 5.41 Å². The van der Waals surface area contributed by atoms with Gasteiger partial charge in [0, 0.05) is 17.0 Å². The summed E-state index contributed by atoms with van der Waals surface area (Å²) in [5, 5.41) is 0. The molecule has 3 aromatic rings. The molecule has 1 heterocycles. The highest BCUT2D eigenvalue weighted by molar-refractivity contribution is 5.59. The van der Waals surface area contributed by atoms with Crippen LogP contribution in [0.5, 0.6) is 17.2 Å². The maximum atomic E-state index is 6.15. The molecule has 0 bridgehead atoms. The van der Waals surface area contributed by atoms with Crippen LogP contribution in [0.3, 0.4) is 0 Å². The maximum Gasteiger partial charge on any atom is 0.131 e. The van der Waals surface area contributed by atoms with Crippen LogP contribution in [0.1, 0.15) is 48.9 Å². The quantitative estimate of drug-likeness (QED) is 0.426. The molecule has 0 N–H and O–H groups in total. The molecular weight excluding hydrogens is 320 g/mol. The molecule has 0 aliphatic carbocycles. The van der Waals surface area contributed by atoms with Crippen LogP contribution in [0.25, 0.3) is 0 Å². The number of hydrogen-bond acceptors (Lipinski definition) is 2. The Morgan fingerprint density at radius 1 is 0.808 bits per heavy atom. The molecule has 2 heteroatoms. The lowest BCUT2D eigenvalue weighted by Crippen LogP contribution is -2.13. The normalized spacial score (nSPS) is 15.6. The molecule has 0 fully saturated rings. The van der Waals surface area contributed by atoms with Crippen LogP contribution in [0.15, 0.2) is 66.7 Å². The zero-order valence-corrected chi connectivity index (χ0v) is 15.7. The molecule has 0 saturated carbocycles. The minimum atomic E-state index is 0.138. The summed E-state index contributed by atoms with van der Waals surface area (Å²) in [6, 6.07) is 23.3. The van der Waals surface area contributed by atoms with Crippen molar-refractivity contribution in [2.24, 2.45) is 0 Å². The van der Waals surface area contributed by atoms with E-state index in [1.807, 2.05) is 24.3 Å². The van der Waals surface area contributed by atoms with Gasteiger partial charge in [-0.25, -0.2) is 0 Å². The Morgan fingerprint density at radius 2 is 1.50 bits per heavy atom. The SMILES string of the molecule is COc1ccc2c(c1)C(c1ccc(C(C)(C)C)cc1)c1ccccc1O2. The van der Waals surface area contributed by atoms with Gasteiger partial charge in [-0.3, -0.25) is 0 Å². The summed E-state index contributed by atoms with van der Waals surface area (Å²) in [6.45, 7) is 6.73. The van der Waals surface area contributed by atoms with Crippen molar-refractivity contribution in [1.82, 2.24) is 0 Å². The second-order valence-electron chi connectivity index (χ2n) is 7.85. The van der Waals surface area contributed by atoms with Gasteiger partial charge in [0.1, 0.15) is 17.2 Å². The molecule has 4 rings (SSSR count). The molecule has 1 unspecified atom stereocenters. The lowest BCUT2D eigenvalue weighted by Gasteiger charge is -2.29. The summed E-state index contributed by atoms with van der Waals surface area (Å²) < 4.78 is 11.6. The molecular formula is C24H24O2. The molecule has 1 aliphatic rings.